The molecule has 1 aliphatic heterocycles. The number of alkyl halides is 3. The molecule has 0 spiro atoms. The second-order valence-electron chi connectivity index (χ2n) is 11.8. The molecule has 2 heterocycles. The van der Waals surface area contributed by atoms with Crippen molar-refractivity contribution in [2.45, 2.75) is 12.5 Å². The van der Waals surface area contributed by atoms with Crippen molar-refractivity contribution >= 4 is 46.8 Å². The molecule has 270 valence electrons. The number of nitrogens with zero attached hydrogens (tertiary/aromatic N) is 6. The molecule has 16 heteroatoms. The minimum Gasteiger partial charge on any atom is -0.349 e. The molecule has 1 amide bonds. The van der Waals surface area contributed by atoms with Gasteiger partial charge < -0.3 is 10.6 Å². The molecular weight excluding hydrogens is 701 g/mol. The summed E-state index contributed by atoms with van der Waals surface area (Å²) in [6, 6.07) is 36.0. The number of aromatic nitrogens is 3. The largest absolute Gasteiger partial charge is 0.416 e. The van der Waals surface area contributed by atoms with Crippen molar-refractivity contribution in [1.29, 1.82) is 0 Å². The molecule has 1 aliphatic rings. The number of carbonyl (C=O) groups is 3. The van der Waals surface area contributed by atoms with E-state index in [1.165, 1.54) is 12.1 Å². The third-order valence-corrected chi connectivity index (χ3v) is 8.11. The Hall–Kier alpha value is -7.17. The summed E-state index contributed by atoms with van der Waals surface area (Å²) in [4.78, 5) is 50.4. The summed E-state index contributed by atoms with van der Waals surface area (Å²) in [7, 11) is 0. The van der Waals surface area contributed by atoms with E-state index < -0.39 is 29.8 Å². The molecular formula is C38H29F3N10O3. The van der Waals surface area contributed by atoms with Crippen LogP contribution in [0, 0.1) is 0 Å². The number of nitrogens with two attached hydrogens (primary N) is 1. The van der Waals surface area contributed by atoms with Crippen LogP contribution in [0.3, 0.4) is 0 Å². The summed E-state index contributed by atoms with van der Waals surface area (Å²) in [5.41, 5.74) is 0.870. The Morgan fingerprint density at radius 2 is 1.24 bits per heavy atom. The van der Waals surface area contributed by atoms with E-state index in [4.69, 9.17) is 5.84 Å². The highest BCUT2D eigenvalue weighted by molar-refractivity contribution is 6.13. The van der Waals surface area contributed by atoms with Crippen LogP contribution in [0.15, 0.2) is 145 Å². The lowest BCUT2D eigenvalue weighted by molar-refractivity contribution is -0.137. The van der Waals surface area contributed by atoms with E-state index in [-0.39, 0.29) is 40.3 Å². The number of ketones is 1. The molecule has 0 saturated heterocycles. The van der Waals surface area contributed by atoms with Gasteiger partial charge in [0.15, 0.2) is 5.78 Å². The van der Waals surface area contributed by atoms with Crippen LogP contribution in [-0.2, 0) is 6.18 Å². The zero-order chi connectivity index (χ0) is 37.8. The fourth-order valence-corrected chi connectivity index (χ4v) is 5.45. The summed E-state index contributed by atoms with van der Waals surface area (Å²) < 4.78 is 40.7. The highest BCUT2D eigenvalue weighted by atomic mass is 19.4. The van der Waals surface area contributed by atoms with Crippen molar-refractivity contribution in [2.24, 2.45) is 10.8 Å². The number of hydrogen-bond acceptors (Lipinski definition) is 11. The van der Waals surface area contributed by atoms with Crippen LogP contribution >= 0.6 is 0 Å². The van der Waals surface area contributed by atoms with Crippen molar-refractivity contribution in [2.75, 3.05) is 16.0 Å². The molecule has 13 nitrogen and oxygen atoms in total. The SMILES string of the molecule is NN1C(Nc2ccccc2)N=C(Nc2nc(Nc3ccccc3)nn2C(=O)c2ccc(C(F)(F)F)cc2)N1C(=O)c1cccc(C(=O)c2ccccc2)c1. The van der Waals surface area contributed by atoms with E-state index in [0.29, 0.717) is 16.9 Å². The fraction of sp³-hybridized carbons (Fsp3) is 0.0526. The molecule has 1 aromatic heterocycles. The number of benzene rings is 5. The van der Waals surface area contributed by atoms with Gasteiger partial charge in [0.1, 0.15) is 0 Å². The van der Waals surface area contributed by atoms with Gasteiger partial charge in [-0.15, -0.1) is 10.2 Å². The molecule has 5 aromatic carbocycles. The second-order valence-corrected chi connectivity index (χ2v) is 11.8. The lowest BCUT2D eigenvalue weighted by atomic mass is 10.0. The number of amides is 1. The Balaban J connectivity index is 1.26. The van der Waals surface area contributed by atoms with Gasteiger partial charge in [-0.25, -0.2) is 10.8 Å². The number of para-hydroxylation sites is 2. The highest BCUT2D eigenvalue weighted by Gasteiger charge is 2.39. The van der Waals surface area contributed by atoms with Gasteiger partial charge in [-0.3, -0.25) is 19.7 Å². The van der Waals surface area contributed by atoms with Crippen molar-refractivity contribution < 1.29 is 27.6 Å². The van der Waals surface area contributed by atoms with E-state index in [1.54, 1.807) is 97.1 Å². The Labute approximate surface area is 305 Å². The molecule has 5 N–H and O–H groups in total. The standard InChI is InChI=1S/C38H29F3N10O3/c39-38(40,41)28-21-19-25(20-22-28)32(53)49-35(45-34(48-49)43-29-15-6-2-7-16-29)46-36-47-37(44-30-17-8-3-9-18-30)51(42)50(36)33(54)27-14-10-13-26(23-27)31(52)24-11-4-1-5-12-24/h1-23,37,44H,42H2,(H2,43,45,46,47,48). The van der Waals surface area contributed by atoms with E-state index >= 15 is 0 Å². The minimum absolute atomic E-state index is 0.0591. The molecule has 54 heavy (non-hydrogen) atoms. The maximum Gasteiger partial charge on any atom is 0.416 e. The van der Waals surface area contributed by atoms with E-state index in [1.807, 2.05) is 6.07 Å². The first-order valence-corrected chi connectivity index (χ1v) is 16.3. The average molecular weight is 731 g/mol. The Bertz CT molecular complexity index is 2340. The highest BCUT2D eigenvalue weighted by Crippen LogP contribution is 2.30. The second kappa shape index (κ2) is 14.8. The topological polar surface area (TPSA) is 163 Å². The summed E-state index contributed by atoms with van der Waals surface area (Å²) >= 11 is 0. The van der Waals surface area contributed by atoms with Gasteiger partial charge in [-0.2, -0.15) is 27.8 Å². The van der Waals surface area contributed by atoms with Gasteiger partial charge in [-0.05, 0) is 60.7 Å². The van der Waals surface area contributed by atoms with Crippen LogP contribution in [0.25, 0.3) is 0 Å². The Kier molecular flexibility index (Phi) is 9.67. The third kappa shape index (κ3) is 7.55. The fourth-order valence-electron chi connectivity index (χ4n) is 5.45. The minimum atomic E-state index is -4.61. The number of nitrogens with one attached hydrogen (secondary N) is 3. The summed E-state index contributed by atoms with van der Waals surface area (Å²) in [6.45, 7) is 0. The number of hydrazine groups is 2. The number of anilines is 4. The van der Waals surface area contributed by atoms with E-state index in [9.17, 15) is 27.6 Å². The molecule has 6 aromatic rings. The number of hydrogen-bond donors (Lipinski definition) is 4. The van der Waals surface area contributed by atoms with Crippen molar-refractivity contribution in [3.05, 3.63) is 167 Å². The number of guanidine groups is 1. The van der Waals surface area contributed by atoms with Crippen LogP contribution in [0.4, 0.5) is 36.4 Å². The lowest BCUT2D eigenvalue weighted by Gasteiger charge is -2.28. The summed E-state index contributed by atoms with van der Waals surface area (Å²) in [6.07, 6.45) is -5.69. The number of carbonyl (C=O) groups excluding carboxylic acids is 3. The quantitative estimate of drug-likeness (QED) is 0.0972. The van der Waals surface area contributed by atoms with Crippen LogP contribution < -0.4 is 21.8 Å². The van der Waals surface area contributed by atoms with Crippen LogP contribution in [0.2, 0.25) is 0 Å². The first kappa shape index (κ1) is 35.2. The molecule has 0 radical (unpaired) electrons. The smallest absolute Gasteiger partial charge is 0.349 e. The predicted octanol–water partition coefficient (Wildman–Crippen LogP) is 6.37. The lowest BCUT2D eigenvalue weighted by Crippen LogP contribution is -2.55. The van der Waals surface area contributed by atoms with E-state index in [0.717, 1.165) is 39.1 Å². The summed E-state index contributed by atoms with van der Waals surface area (Å²) in [5.74, 6) is 4.17. The first-order valence-electron chi connectivity index (χ1n) is 16.3. The van der Waals surface area contributed by atoms with Crippen LogP contribution in [0.5, 0.6) is 0 Å². The maximum absolute atomic E-state index is 14.3. The van der Waals surface area contributed by atoms with E-state index in [2.05, 4.69) is 31.0 Å². The zero-order valence-electron chi connectivity index (χ0n) is 28.0. The zero-order valence-corrected chi connectivity index (χ0v) is 28.0. The number of aliphatic imine (C=N–C) groups is 1. The first-order chi connectivity index (χ1) is 26.0. The third-order valence-electron chi connectivity index (χ3n) is 8.11. The Morgan fingerprint density at radius 3 is 1.89 bits per heavy atom. The maximum atomic E-state index is 14.3. The molecule has 0 fully saturated rings. The van der Waals surface area contributed by atoms with Gasteiger partial charge in [0.25, 0.3) is 11.8 Å². The molecule has 1 unspecified atom stereocenters. The monoisotopic (exact) mass is 730 g/mol. The van der Waals surface area contributed by atoms with Gasteiger partial charge >= 0.3 is 6.18 Å². The molecule has 0 aliphatic carbocycles. The van der Waals surface area contributed by atoms with Crippen LogP contribution in [0.1, 0.15) is 42.2 Å². The summed E-state index contributed by atoms with van der Waals surface area (Å²) in [5, 5.41) is 15.3. The molecule has 1 atom stereocenters. The normalized spacial score (nSPS) is 14.3. The Morgan fingerprint density at radius 1 is 0.648 bits per heavy atom. The van der Waals surface area contributed by atoms with Crippen molar-refractivity contribution in [3.8, 4) is 0 Å². The number of halogens is 3. The van der Waals surface area contributed by atoms with Gasteiger partial charge in [0.05, 0.1) is 5.56 Å². The van der Waals surface area contributed by atoms with Gasteiger partial charge in [0.2, 0.25) is 24.1 Å². The van der Waals surface area contributed by atoms with Crippen molar-refractivity contribution in [1.82, 2.24) is 24.9 Å². The number of rotatable bonds is 9. The van der Waals surface area contributed by atoms with Gasteiger partial charge in [-0.1, -0.05) is 78.9 Å². The average Bonchev–Trinajstić information content (AvgIpc) is 3.73. The molecule has 0 saturated carbocycles. The predicted molar refractivity (Wildman–Crippen MR) is 194 cm³/mol. The van der Waals surface area contributed by atoms with Crippen LogP contribution in [-0.4, -0.2) is 54.7 Å². The van der Waals surface area contributed by atoms with Gasteiger partial charge in [0, 0.05) is 33.6 Å². The van der Waals surface area contributed by atoms with Crippen molar-refractivity contribution in [3.63, 3.8) is 0 Å². The molecule has 0 bridgehead atoms. The molecule has 7 rings (SSSR count).